The fraction of sp³-hybridized carbons (Fsp3) is 0.0588. The van der Waals surface area contributed by atoms with Crippen LogP contribution in [0, 0.1) is 11.2 Å². The molecule has 0 radical (unpaired) electrons. The van der Waals surface area contributed by atoms with E-state index in [1.165, 1.54) is 18.5 Å². The Morgan fingerprint density at radius 3 is 2.48 bits per heavy atom. The van der Waals surface area contributed by atoms with E-state index >= 15 is 0 Å². The van der Waals surface area contributed by atoms with Gasteiger partial charge in [0.1, 0.15) is 24.6 Å². The predicted molar refractivity (Wildman–Crippen MR) is 91.8 cm³/mol. The van der Waals surface area contributed by atoms with Crippen molar-refractivity contribution in [2.75, 3.05) is 11.5 Å². The molecule has 2 heterocycles. The number of rotatable bonds is 5. The highest BCUT2D eigenvalue weighted by Crippen LogP contribution is 2.24. The van der Waals surface area contributed by atoms with Crippen LogP contribution in [0.1, 0.15) is 16.8 Å². The number of hydrogen-bond acceptors (Lipinski definition) is 7. The first-order chi connectivity index (χ1) is 12.1. The molecule has 0 saturated carbocycles. The number of pyridine rings is 1. The van der Waals surface area contributed by atoms with Gasteiger partial charge in [0.05, 0.1) is 17.0 Å². The molecule has 0 amide bonds. The third kappa shape index (κ3) is 3.52. The van der Waals surface area contributed by atoms with Crippen LogP contribution in [0.5, 0.6) is 5.75 Å². The fourth-order valence-corrected chi connectivity index (χ4v) is 2.22. The number of nitrogens with two attached hydrogens (primary N) is 2. The van der Waals surface area contributed by atoms with Crippen molar-refractivity contribution in [3.63, 3.8) is 0 Å². The Balaban J connectivity index is 1.81. The monoisotopic (exact) mass is 338 g/mol. The normalized spacial score (nSPS) is 10.4. The molecule has 1 aromatic carbocycles. The zero-order valence-electron chi connectivity index (χ0n) is 13.1. The molecular formula is C17H15FN6O. The highest BCUT2D eigenvalue weighted by atomic mass is 19.1. The second-order valence-corrected chi connectivity index (χ2v) is 5.15. The summed E-state index contributed by atoms with van der Waals surface area (Å²) in [4.78, 5) is 11.7. The van der Waals surface area contributed by atoms with Crippen molar-refractivity contribution in [3.05, 3.63) is 71.6 Å². The van der Waals surface area contributed by atoms with E-state index in [0.29, 0.717) is 5.69 Å². The maximum atomic E-state index is 14.3. The molecule has 0 unspecified atom stereocenters. The van der Waals surface area contributed by atoms with E-state index in [1.54, 1.807) is 24.4 Å². The lowest BCUT2D eigenvalue weighted by atomic mass is 10.0. The van der Waals surface area contributed by atoms with Crippen molar-refractivity contribution in [3.8, 4) is 5.75 Å². The van der Waals surface area contributed by atoms with E-state index in [0.717, 1.165) is 0 Å². The van der Waals surface area contributed by atoms with Crippen LogP contribution in [0.15, 0.2) is 48.9 Å². The predicted octanol–water partition coefficient (Wildman–Crippen LogP) is 2.17. The van der Waals surface area contributed by atoms with Gasteiger partial charge in [-0.15, -0.1) is 0 Å². The van der Waals surface area contributed by atoms with E-state index in [-0.39, 0.29) is 40.8 Å². The summed E-state index contributed by atoms with van der Waals surface area (Å²) in [7, 11) is 0. The Kier molecular flexibility index (Phi) is 4.51. The number of nitrogen functional groups attached to an aromatic ring is 2. The number of nitrogens with one attached hydrogen (secondary N) is 1. The molecule has 0 aliphatic carbocycles. The van der Waals surface area contributed by atoms with Crippen molar-refractivity contribution in [1.29, 1.82) is 5.41 Å². The summed E-state index contributed by atoms with van der Waals surface area (Å²) < 4.78 is 19.7. The molecule has 3 rings (SSSR count). The average Bonchev–Trinajstić information content (AvgIpc) is 2.61. The van der Waals surface area contributed by atoms with E-state index < -0.39 is 5.82 Å². The van der Waals surface area contributed by atoms with Gasteiger partial charge in [-0.1, -0.05) is 6.07 Å². The van der Waals surface area contributed by atoms with Gasteiger partial charge in [-0.3, -0.25) is 10.4 Å². The molecule has 0 atom stereocenters. The van der Waals surface area contributed by atoms with Gasteiger partial charge in [0.15, 0.2) is 11.6 Å². The quantitative estimate of drug-likeness (QED) is 0.613. The van der Waals surface area contributed by atoms with Gasteiger partial charge in [-0.05, 0) is 30.3 Å². The summed E-state index contributed by atoms with van der Waals surface area (Å²) in [6.07, 6.45) is 2.84. The Bertz CT molecular complexity index is 896. The number of anilines is 2. The molecule has 5 N–H and O–H groups in total. The summed E-state index contributed by atoms with van der Waals surface area (Å²) in [5.41, 5.74) is 12.6. The second kappa shape index (κ2) is 6.91. The molecule has 3 aromatic rings. The summed E-state index contributed by atoms with van der Waals surface area (Å²) in [5.74, 6) is -0.415. The van der Waals surface area contributed by atoms with E-state index in [2.05, 4.69) is 15.0 Å². The van der Waals surface area contributed by atoms with Crippen LogP contribution in [0.3, 0.4) is 0 Å². The first kappa shape index (κ1) is 16.3. The zero-order valence-corrected chi connectivity index (χ0v) is 13.1. The lowest BCUT2D eigenvalue weighted by Gasteiger charge is -2.11. The minimum atomic E-state index is -0.604. The average molecular weight is 338 g/mol. The lowest BCUT2D eigenvalue weighted by molar-refractivity contribution is 0.286. The molecule has 0 fully saturated rings. The molecule has 25 heavy (non-hydrogen) atoms. The maximum absolute atomic E-state index is 14.3. The van der Waals surface area contributed by atoms with Crippen molar-refractivity contribution < 1.29 is 9.13 Å². The van der Waals surface area contributed by atoms with Gasteiger partial charge in [-0.2, -0.15) is 0 Å². The van der Waals surface area contributed by atoms with Gasteiger partial charge in [-0.25, -0.2) is 14.4 Å². The molecule has 2 aromatic heterocycles. The number of halogens is 1. The van der Waals surface area contributed by atoms with Crippen LogP contribution >= 0.6 is 0 Å². The summed E-state index contributed by atoms with van der Waals surface area (Å²) in [6.45, 7) is 0.140. The van der Waals surface area contributed by atoms with E-state index in [9.17, 15) is 4.39 Å². The molecule has 126 valence electrons. The van der Waals surface area contributed by atoms with Gasteiger partial charge >= 0.3 is 0 Å². The molecule has 0 aliphatic heterocycles. The number of ether oxygens (including phenoxy) is 1. The van der Waals surface area contributed by atoms with Crippen LogP contribution in [0.2, 0.25) is 0 Å². The first-order valence-electron chi connectivity index (χ1n) is 7.33. The maximum Gasteiger partial charge on any atom is 0.165 e. The van der Waals surface area contributed by atoms with Crippen molar-refractivity contribution in [2.45, 2.75) is 6.61 Å². The van der Waals surface area contributed by atoms with Crippen LogP contribution in [0.4, 0.5) is 16.0 Å². The second-order valence-electron chi connectivity index (χ2n) is 5.15. The first-order valence-corrected chi connectivity index (χ1v) is 7.33. The fourth-order valence-electron chi connectivity index (χ4n) is 2.22. The SMILES string of the molecule is N=C(c1ccc(OCc2ccccn2)c(F)c1)c1c(N)ncnc1N. The van der Waals surface area contributed by atoms with E-state index in [1.807, 2.05) is 6.07 Å². The van der Waals surface area contributed by atoms with Crippen molar-refractivity contribution in [1.82, 2.24) is 15.0 Å². The molecule has 8 heteroatoms. The summed E-state index contributed by atoms with van der Waals surface area (Å²) in [6, 6.07) is 9.56. The minimum absolute atomic E-state index is 0.0625. The van der Waals surface area contributed by atoms with Gasteiger partial charge in [0.2, 0.25) is 0 Å². The third-order valence-corrected chi connectivity index (χ3v) is 3.48. The zero-order chi connectivity index (χ0) is 17.8. The van der Waals surface area contributed by atoms with Gasteiger partial charge in [0.25, 0.3) is 0 Å². The van der Waals surface area contributed by atoms with E-state index in [4.69, 9.17) is 21.6 Å². The molecule has 0 saturated heterocycles. The molecular weight excluding hydrogens is 323 g/mol. The third-order valence-electron chi connectivity index (χ3n) is 3.48. The largest absolute Gasteiger partial charge is 0.484 e. The highest BCUT2D eigenvalue weighted by molar-refractivity contribution is 6.15. The Morgan fingerprint density at radius 2 is 1.84 bits per heavy atom. The molecule has 0 bridgehead atoms. The summed E-state index contributed by atoms with van der Waals surface area (Å²) >= 11 is 0. The number of benzene rings is 1. The minimum Gasteiger partial charge on any atom is -0.484 e. The van der Waals surface area contributed by atoms with Crippen molar-refractivity contribution in [2.24, 2.45) is 0 Å². The van der Waals surface area contributed by atoms with Crippen LogP contribution in [-0.4, -0.2) is 20.7 Å². The molecule has 0 aliphatic rings. The number of aromatic nitrogens is 3. The molecule has 7 nitrogen and oxygen atoms in total. The standard InChI is InChI=1S/C17H15FN6O/c18-12-7-10(15(19)14-16(20)23-9-24-17(14)21)4-5-13(12)25-8-11-3-1-2-6-22-11/h1-7,9,19H,8H2,(H4,20,21,23,24). The Hall–Kier alpha value is -3.55. The van der Waals surface area contributed by atoms with Crippen LogP contribution in [0.25, 0.3) is 0 Å². The van der Waals surface area contributed by atoms with Crippen LogP contribution < -0.4 is 16.2 Å². The Labute approximate surface area is 143 Å². The van der Waals surface area contributed by atoms with Crippen LogP contribution in [-0.2, 0) is 6.61 Å². The topological polar surface area (TPSA) is 124 Å². The van der Waals surface area contributed by atoms with Gasteiger partial charge < -0.3 is 16.2 Å². The summed E-state index contributed by atoms with van der Waals surface area (Å²) in [5, 5.41) is 8.20. The Morgan fingerprint density at radius 1 is 1.08 bits per heavy atom. The highest BCUT2D eigenvalue weighted by Gasteiger charge is 2.16. The van der Waals surface area contributed by atoms with Crippen molar-refractivity contribution >= 4 is 17.3 Å². The molecule has 0 spiro atoms. The number of hydrogen-bond donors (Lipinski definition) is 3. The van der Waals surface area contributed by atoms with Gasteiger partial charge in [0, 0.05) is 11.8 Å². The lowest BCUT2D eigenvalue weighted by Crippen LogP contribution is -2.12. The smallest absolute Gasteiger partial charge is 0.165 e. The number of nitrogens with zero attached hydrogens (tertiary/aromatic N) is 3.